The molecule has 2 rings (SSSR count). The number of fused-ring (bicyclic) bond motifs is 1. The number of amides is 2. The van der Waals surface area contributed by atoms with E-state index in [1.807, 2.05) is 0 Å². The van der Waals surface area contributed by atoms with Crippen molar-refractivity contribution in [2.24, 2.45) is 5.41 Å². The summed E-state index contributed by atoms with van der Waals surface area (Å²) >= 11 is 0. The molecule has 0 spiro atoms. The third-order valence-corrected chi connectivity index (χ3v) is 4.27. The van der Waals surface area contributed by atoms with Gasteiger partial charge < -0.3 is 19.7 Å². The first-order chi connectivity index (χ1) is 10.2. The van der Waals surface area contributed by atoms with Crippen LogP contribution in [0.3, 0.4) is 0 Å². The smallest absolute Gasteiger partial charge is 0.410 e. The second kappa shape index (κ2) is 5.78. The Kier molecular flexibility index (Phi) is 4.35. The molecule has 7 heteroatoms. The van der Waals surface area contributed by atoms with Crippen LogP contribution < -0.4 is 5.32 Å². The van der Waals surface area contributed by atoms with E-state index in [0.717, 1.165) is 0 Å². The van der Waals surface area contributed by atoms with Gasteiger partial charge in [0.15, 0.2) is 0 Å². The number of hydrogen-bond donors (Lipinski definition) is 1. The van der Waals surface area contributed by atoms with E-state index in [1.165, 1.54) is 7.11 Å². The second-order valence-corrected chi connectivity index (χ2v) is 6.94. The van der Waals surface area contributed by atoms with E-state index in [1.54, 1.807) is 25.7 Å². The Labute approximate surface area is 130 Å². The molecule has 0 aliphatic carbocycles. The van der Waals surface area contributed by atoms with E-state index in [4.69, 9.17) is 9.47 Å². The number of nitrogens with one attached hydrogen (secondary N) is 1. The number of piperidine rings is 2. The minimum Gasteiger partial charge on any atom is -0.469 e. The average Bonchev–Trinajstić information content (AvgIpc) is 2.43. The van der Waals surface area contributed by atoms with E-state index in [0.29, 0.717) is 25.8 Å². The van der Waals surface area contributed by atoms with E-state index in [-0.39, 0.29) is 18.4 Å². The SMILES string of the molecule is COC(=O)C12CCC(=O)NC1CN(C(=O)OC(C)(C)C)CC2. The Hall–Kier alpha value is -1.79. The molecule has 0 aromatic rings. The zero-order valence-corrected chi connectivity index (χ0v) is 13.6. The number of methoxy groups -OCH3 is 1. The predicted molar refractivity (Wildman–Crippen MR) is 78.0 cm³/mol. The number of esters is 1. The topological polar surface area (TPSA) is 84.9 Å². The lowest BCUT2D eigenvalue weighted by Gasteiger charge is -2.48. The normalized spacial score (nSPS) is 28.5. The monoisotopic (exact) mass is 312 g/mol. The van der Waals surface area contributed by atoms with Gasteiger partial charge in [0, 0.05) is 19.5 Å². The Morgan fingerprint density at radius 2 is 2.00 bits per heavy atom. The molecule has 0 radical (unpaired) electrons. The molecule has 2 fully saturated rings. The number of carbonyl (C=O) groups excluding carboxylic acids is 3. The average molecular weight is 312 g/mol. The molecule has 0 saturated carbocycles. The van der Waals surface area contributed by atoms with Gasteiger partial charge in [0.25, 0.3) is 0 Å². The van der Waals surface area contributed by atoms with Gasteiger partial charge >= 0.3 is 12.1 Å². The van der Waals surface area contributed by atoms with Gasteiger partial charge in [-0.25, -0.2) is 4.79 Å². The fourth-order valence-electron chi connectivity index (χ4n) is 3.12. The highest BCUT2D eigenvalue weighted by molar-refractivity contribution is 5.85. The quantitative estimate of drug-likeness (QED) is 0.732. The lowest BCUT2D eigenvalue weighted by Crippen LogP contribution is -2.65. The first-order valence-electron chi connectivity index (χ1n) is 7.54. The molecule has 0 bridgehead atoms. The van der Waals surface area contributed by atoms with Gasteiger partial charge in [-0.3, -0.25) is 9.59 Å². The van der Waals surface area contributed by atoms with Crippen molar-refractivity contribution in [3.63, 3.8) is 0 Å². The van der Waals surface area contributed by atoms with Crippen molar-refractivity contribution >= 4 is 18.0 Å². The molecule has 1 N–H and O–H groups in total. The lowest BCUT2D eigenvalue weighted by molar-refractivity contribution is -0.162. The van der Waals surface area contributed by atoms with Crippen LogP contribution in [-0.2, 0) is 19.1 Å². The van der Waals surface area contributed by atoms with Crippen LogP contribution in [0, 0.1) is 5.41 Å². The van der Waals surface area contributed by atoms with Crippen molar-refractivity contribution in [3.8, 4) is 0 Å². The Morgan fingerprint density at radius 1 is 1.32 bits per heavy atom. The second-order valence-electron chi connectivity index (χ2n) is 6.94. The third kappa shape index (κ3) is 3.18. The summed E-state index contributed by atoms with van der Waals surface area (Å²) in [6, 6.07) is -0.428. The zero-order chi connectivity index (χ0) is 16.5. The molecule has 2 heterocycles. The van der Waals surface area contributed by atoms with Gasteiger partial charge in [0.05, 0.1) is 18.6 Å². The van der Waals surface area contributed by atoms with Gasteiger partial charge in [0.1, 0.15) is 5.60 Å². The molecular formula is C15H24N2O5. The maximum Gasteiger partial charge on any atom is 0.410 e. The summed E-state index contributed by atoms with van der Waals surface area (Å²) in [6.45, 7) is 6.08. The van der Waals surface area contributed by atoms with Crippen LogP contribution in [0.1, 0.15) is 40.0 Å². The number of carbonyl (C=O) groups is 3. The first-order valence-corrected chi connectivity index (χ1v) is 7.54. The summed E-state index contributed by atoms with van der Waals surface area (Å²) in [5, 5.41) is 2.83. The summed E-state index contributed by atoms with van der Waals surface area (Å²) in [4.78, 5) is 37.6. The maximum atomic E-state index is 12.2. The Bertz CT molecular complexity index is 485. The van der Waals surface area contributed by atoms with Crippen LogP contribution in [0.4, 0.5) is 4.79 Å². The number of nitrogens with zero attached hydrogens (tertiary/aromatic N) is 1. The van der Waals surface area contributed by atoms with Gasteiger partial charge in [-0.2, -0.15) is 0 Å². The summed E-state index contributed by atoms with van der Waals surface area (Å²) < 4.78 is 10.3. The number of hydrogen-bond acceptors (Lipinski definition) is 5. The Morgan fingerprint density at radius 3 is 2.59 bits per heavy atom. The molecule has 0 aromatic carbocycles. The van der Waals surface area contributed by atoms with Crippen molar-refractivity contribution in [1.29, 1.82) is 0 Å². The first kappa shape index (κ1) is 16.6. The highest BCUT2D eigenvalue weighted by atomic mass is 16.6. The molecule has 2 atom stereocenters. The fourth-order valence-corrected chi connectivity index (χ4v) is 3.12. The lowest BCUT2D eigenvalue weighted by atomic mass is 9.69. The van der Waals surface area contributed by atoms with Gasteiger partial charge in [0.2, 0.25) is 5.91 Å². The van der Waals surface area contributed by atoms with Crippen LogP contribution >= 0.6 is 0 Å². The summed E-state index contributed by atoms with van der Waals surface area (Å²) in [5.74, 6) is -0.420. The van der Waals surface area contributed by atoms with Gasteiger partial charge in [-0.05, 0) is 33.6 Å². The summed E-state index contributed by atoms with van der Waals surface area (Å²) in [6.07, 6.45) is 0.797. The third-order valence-electron chi connectivity index (χ3n) is 4.27. The van der Waals surface area contributed by atoms with Crippen LogP contribution in [0.15, 0.2) is 0 Å². The molecule has 7 nitrogen and oxygen atoms in total. The van der Waals surface area contributed by atoms with Crippen LogP contribution in [-0.4, -0.2) is 54.7 Å². The highest BCUT2D eigenvalue weighted by Crippen LogP contribution is 2.40. The van der Waals surface area contributed by atoms with Crippen molar-refractivity contribution < 1.29 is 23.9 Å². The Balaban J connectivity index is 2.14. The molecule has 0 aromatic heterocycles. The molecule has 22 heavy (non-hydrogen) atoms. The largest absolute Gasteiger partial charge is 0.469 e. The molecular weight excluding hydrogens is 288 g/mol. The fraction of sp³-hybridized carbons (Fsp3) is 0.800. The van der Waals surface area contributed by atoms with E-state index >= 15 is 0 Å². The van der Waals surface area contributed by atoms with E-state index < -0.39 is 23.2 Å². The molecule has 2 aliphatic heterocycles. The predicted octanol–water partition coefficient (Wildman–Crippen LogP) is 1.07. The molecule has 2 unspecified atom stereocenters. The minimum atomic E-state index is -0.735. The molecule has 2 aliphatic rings. The highest BCUT2D eigenvalue weighted by Gasteiger charge is 2.53. The van der Waals surface area contributed by atoms with Crippen molar-refractivity contribution in [2.75, 3.05) is 20.2 Å². The summed E-state index contributed by atoms with van der Waals surface area (Å²) in [7, 11) is 1.35. The van der Waals surface area contributed by atoms with Gasteiger partial charge in [-0.15, -0.1) is 0 Å². The van der Waals surface area contributed by atoms with Crippen molar-refractivity contribution in [2.45, 2.75) is 51.7 Å². The van der Waals surface area contributed by atoms with E-state index in [9.17, 15) is 14.4 Å². The maximum absolute atomic E-state index is 12.2. The van der Waals surface area contributed by atoms with Crippen LogP contribution in [0.2, 0.25) is 0 Å². The van der Waals surface area contributed by atoms with Gasteiger partial charge in [-0.1, -0.05) is 0 Å². The van der Waals surface area contributed by atoms with Crippen LogP contribution in [0.5, 0.6) is 0 Å². The van der Waals surface area contributed by atoms with Crippen molar-refractivity contribution in [1.82, 2.24) is 10.2 Å². The zero-order valence-electron chi connectivity index (χ0n) is 13.6. The molecule has 2 saturated heterocycles. The number of likely N-dealkylation sites (tertiary alicyclic amines) is 1. The number of ether oxygens (including phenoxy) is 2. The molecule has 2 amide bonds. The standard InChI is InChI=1S/C15H24N2O5/c1-14(2,3)22-13(20)17-8-7-15(12(19)21-4)6-5-11(18)16-10(15)9-17/h10H,5-9H2,1-4H3,(H,16,18). The summed E-state index contributed by atoms with van der Waals surface area (Å²) in [5.41, 5.74) is -1.31. The van der Waals surface area contributed by atoms with E-state index in [2.05, 4.69) is 5.32 Å². The van der Waals surface area contributed by atoms with Crippen molar-refractivity contribution in [3.05, 3.63) is 0 Å². The number of rotatable bonds is 1. The van der Waals surface area contributed by atoms with Crippen LogP contribution in [0.25, 0.3) is 0 Å². The molecule has 124 valence electrons. The minimum absolute atomic E-state index is 0.101.